The lowest BCUT2D eigenvalue weighted by atomic mass is 10.1. The van der Waals surface area contributed by atoms with Crippen LogP contribution in [0.3, 0.4) is 0 Å². The quantitative estimate of drug-likeness (QED) is 0.725. The first-order valence-corrected chi connectivity index (χ1v) is 4.94. The Morgan fingerprint density at radius 3 is 2.36 bits per heavy atom. The van der Waals surface area contributed by atoms with Crippen molar-refractivity contribution in [1.82, 2.24) is 0 Å². The SMILES string of the molecule is CCN(CC)c1c(N)ccc(C)c1O. The maximum Gasteiger partial charge on any atom is 0.143 e. The van der Waals surface area contributed by atoms with E-state index in [-0.39, 0.29) is 0 Å². The molecule has 0 aliphatic heterocycles. The molecule has 1 aromatic rings. The molecule has 3 heteroatoms. The summed E-state index contributed by atoms with van der Waals surface area (Å²) in [6.45, 7) is 7.66. The van der Waals surface area contributed by atoms with Crippen LogP contribution in [-0.2, 0) is 0 Å². The van der Waals surface area contributed by atoms with Gasteiger partial charge in [0.15, 0.2) is 0 Å². The minimum Gasteiger partial charge on any atom is -0.505 e. The Balaban J connectivity index is 3.23. The number of benzene rings is 1. The molecule has 3 nitrogen and oxygen atoms in total. The van der Waals surface area contributed by atoms with E-state index in [2.05, 4.69) is 4.90 Å². The molecule has 0 bridgehead atoms. The topological polar surface area (TPSA) is 49.5 Å². The van der Waals surface area contributed by atoms with Crippen LogP contribution in [0.1, 0.15) is 19.4 Å². The molecule has 0 saturated carbocycles. The van der Waals surface area contributed by atoms with E-state index in [1.807, 2.05) is 32.9 Å². The molecular formula is C11H18N2O. The highest BCUT2D eigenvalue weighted by Crippen LogP contribution is 2.35. The van der Waals surface area contributed by atoms with Crippen LogP contribution >= 0.6 is 0 Å². The Morgan fingerprint density at radius 2 is 1.86 bits per heavy atom. The zero-order valence-electron chi connectivity index (χ0n) is 9.04. The molecule has 0 aliphatic carbocycles. The molecule has 0 unspecified atom stereocenters. The number of phenols is 1. The summed E-state index contributed by atoms with van der Waals surface area (Å²) in [7, 11) is 0. The van der Waals surface area contributed by atoms with E-state index in [1.165, 1.54) is 0 Å². The highest BCUT2D eigenvalue weighted by atomic mass is 16.3. The van der Waals surface area contributed by atoms with Crippen molar-refractivity contribution < 1.29 is 5.11 Å². The second-order valence-corrected chi connectivity index (χ2v) is 3.34. The summed E-state index contributed by atoms with van der Waals surface area (Å²) in [5, 5.41) is 9.89. The number of nitrogens with zero attached hydrogens (tertiary/aromatic N) is 1. The van der Waals surface area contributed by atoms with Gasteiger partial charge in [0.2, 0.25) is 0 Å². The third-order valence-electron chi connectivity index (χ3n) is 2.46. The van der Waals surface area contributed by atoms with Gasteiger partial charge in [-0.1, -0.05) is 6.07 Å². The molecule has 1 rings (SSSR count). The molecular weight excluding hydrogens is 176 g/mol. The molecule has 0 fully saturated rings. The summed E-state index contributed by atoms with van der Waals surface area (Å²) >= 11 is 0. The Labute approximate surface area is 85.2 Å². The Kier molecular flexibility index (Phi) is 3.23. The first-order chi connectivity index (χ1) is 6.61. The van der Waals surface area contributed by atoms with Crippen molar-refractivity contribution in [3.63, 3.8) is 0 Å². The lowest BCUT2D eigenvalue weighted by Gasteiger charge is -2.24. The zero-order valence-corrected chi connectivity index (χ0v) is 9.04. The molecule has 0 aliphatic rings. The fourth-order valence-corrected chi connectivity index (χ4v) is 1.57. The number of nitrogen functional groups attached to an aromatic ring is 1. The maximum atomic E-state index is 9.89. The number of hydrogen-bond acceptors (Lipinski definition) is 3. The summed E-state index contributed by atoms with van der Waals surface area (Å²) in [5.74, 6) is 0.300. The second kappa shape index (κ2) is 4.22. The highest BCUT2D eigenvalue weighted by Gasteiger charge is 2.13. The molecule has 0 spiro atoms. The van der Waals surface area contributed by atoms with Gasteiger partial charge < -0.3 is 15.7 Å². The van der Waals surface area contributed by atoms with Gasteiger partial charge in [-0.15, -0.1) is 0 Å². The van der Waals surface area contributed by atoms with Crippen LogP contribution in [-0.4, -0.2) is 18.2 Å². The number of aromatic hydroxyl groups is 1. The predicted molar refractivity (Wildman–Crippen MR) is 60.8 cm³/mol. The van der Waals surface area contributed by atoms with E-state index in [9.17, 15) is 5.11 Å². The van der Waals surface area contributed by atoms with Gasteiger partial charge in [-0.25, -0.2) is 0 Å². The minimum atomic E-state index is 0.300. The smallest absolute Gasteiger partial charge is 0.143 e. The first kappa shape index (κ1) is 10.7. The average Bonchev–Trinajstić information content (AvgIpc) is 2.19. The van der Waals surface area contributed by atoms with Crippen molar-refractivity contribution in [1.29, 1.82) is 0 Å². The molecule has 14 heavy (non-hydrogen) atoms. The lowest BCUT2D eigenvalue weighted by molar-refractivity contribution is 0.470. The number of rotatable bonds is 3. The monoisotopic (exact) mass is 194 g/mol. The summed E-state index contributed by atoms with van der Waals surface area (Å²) in [6.07, 6.45) is 0. The van der Waals surface area contributed by atoms with Crippen LogP contribution < -0.4 is 10.6 Å². The van der Waals surface area contributed by atoms with E-state index < -0.39 is 0 Å². The summed E-state index contributed by atoms with van der Waals surface area (Å²) < 4.78 is 0. The Bertz CT molecular complexity index is 319. The summed E-state index contributed by atoms with van der Waals surface area (Å²) in [6, 6.07) is 3.67. The van der Waals surface area contributed by atoms with E-state index >= 15 is 0 Å². The Hall–Kier alpha value is -1.38. The van der Waals surface area contributed by atoms with E-state index in [0.29, 0.717) is 11.4 Å². The van der Waals surface area contributed by atoms with Crippen LogP contribution in [0.15, 0.2) is 12.1 Å². The minimum absolute atomic E-state index is 0.300. The van der Waals surface area contributed by atoms with Crippen LogP contribution in [0, 0.1) is 6.92 Å². The first-order valence-electron chi connectivity index (χ1n) is 4.94. The third kappa shape index (κ3) is 1.76. The summed E-state index contributed by atoms with van der Waals surface area (Å²) in [5.41, 5.74) is 8.10. The van der Waals surface area contributed by atoms with Gasteiger partial charge in [0, 0.05) is 13.1 Å². The molecule has 0 heterocycles. The fourth-order valence-electron chi connectivity index (χ4n) is 1.57. The van der Waals surface area contributed by atoms with Crippen molar-refractivity contribution in [2.75, 3.05) is 23.7 Å². The van der Waals surface area contributed by atoms with Crippen molar-refractivity contribution >= 4 is 11.4 Å². The van der Waals surface area contributed by atoms with Crippen LogP contribution in [0.2, 0.25) is 0 Å². The standard InChI is InChI=1S/C11H18N2O/c1-4-13(5-2)10-9(12)7-6-8(3)11(10)14/h6-7,14H,4-5,12H2,1-3H3. The van der Waals surface area contributed by atoms with E-state index in [0.717, 1.165) is 24.3 Å². The molecule has 1 aromatic carbocycles. The van der Waals surface area contributed by atoms with Gasteiger partial charge in [-0.2, -0.15) is 0 Å². The zero-order chi connectivity index (χ0) is 10.7. The number of anilines is 2. The van der Waals surface area contributed by atoms with Crippen molar-refractivity contribution in [2.45, 2.75) is 20.8 Å². The molecule has 0 saturated heterocycles. The van der Waals surface area contributed by atoms with Crippen LogP contribution in [0.25, 0.3) is 0 Å². The maximum absolute atomic E-state index is 9.89. The molecule has 3 N–H and O–H groups in total. The van der Waals surface area contributed by atoms with E-state index in [4.69, 9.17) is 5.73 Å². The van der Waals surface area contributed by atoms with Gasteiger partial charge in [0.25, 0.3) is 0 Å². The van der Waals surface area contributed by atoms with Gasteiger partial charge in [0.1, 0.15) is 11.4 Å². The predicted octanol–water partition coefficient (Wildman–Crippen LogP) is 2.13. The third-order valence-corrected chi connectivity index (χ3v) is 2.46. The molecule has 0 aromatic heterocycles. The molecule has 78 valence electrons. The molecule has 0 atom stereocenters. The fraction of sp³-hybridized carbons (Fsp3) is 0.455. The van der Waals surface area contributed by atoms with Crippen molar-refractivity contribution in [3.05, 3.63) is 17.7 Å². The largest absolute Gasteiger partial charge is 0.505 e. The van der Waals surface area contributed by atoms with E-state index in [1.54, 1.807) is 0 Å². The van der Waals surface area contributed by atoms with Gasteiger partial charge >= 0.3 is 0 Å². The average molecular weight is 194 g/mol. The van der Waals surface area contributed by atoms with Gasteiger partial charge in [-0.3, -0.25) is 0 Å². The van der Waals surface area contributed by atoms with Crippen molar-refractivity contribution in [2.24, 2.45) is 0 Å². The normalized spacial score (nSPS) is 10.2. The lowest BCUT2D eigenvalue weighted by Crippen LogP contribution is -2.23. The highest BCUT2D eigenvalue weighted by molar-refractivity contribution is 5.76. The Morgan fingerprint density at radius 1 is 1.29 bits per heavy atom. The second-order valence-electron chi connectivity index (χ2n) is 3.34. The molecule has 0 amide bonds. The molecule has 0 radical (unpaired) electrons. The number of hydrogen-bond donors (Lipinski definition) is 2. The van der Waals surface area contributed by atoms with Gasteiger partial charge in [0.05, 0.1) is 5.69 Å². The number of aryl methyl sites for hydroxylation is 1. The number of nitrogens with two attached hydrogens (primary N) is 1. The summed E-state index contributed by atoms with van der Waals surface area (Å²) in [4.78, 5) is 2.05. The number of phenolic OH excluding ortho intramolecular Hbond substituents is 1. The van der Waals surface area contributed by atoms with Crippen molar-refractivity contribution in [3.8, 4) is 5.75 Å². The van der Waals surface area contributed by atoms with Gasteiger partial charge in [-0.05, 0) is 32.4 Å². The van der Waals surface area contributed by atoms with Crippen LogP contribution in [0.5, 0.6) is 5.75 Å². The van der Waals surface area contributed by atoms with Crippen LogP contribution in [0.4, 0.5) is 11.4 Å².